The standard InChI is InChI=1S/C22H29N3O4/c1-22(2,3)29-21(27)25-11-9-16(10-12-25)13-19-23-14-18(20(26)24-19)28-15-17-7-5-4-6-8-17/h4-8,14,16H,9-13,15H2,1-3H3,(H,23,24,26). The lowest BCUT2D eigenvalue weighted by atomic mass is 9.93. The highest BCUT2D eigenvalue weighted by Gasteiger charge is 2.27. The number of ether oxygens (including phenoxy) is 2. The van der Waals surface area contributed by atoms with Crippen LogP contribution >= 0.6 is 0 Å². The van der Waals surface area contributed by atoms with Gasteiger partial charge in [0.05, 0.1) is 6.20 Å². The first-order chi connectivity index (χ1) is 13.8. The molecule has 1 aliphatic rings. The first kappa shape index (κ1) is 20.9. The summed E-state index contributed by atoms with van der Waals surface area (Å²) in [6, 6.07) is 9.68. The van der Waals surface area contributed by atoms with E-state index in [4.69, 9.17) is 9.47 Å². The summed E-state index contributed by atoms with van der Waals surface area (Å²) in [6.45, 7) is 7.24. The monoisotopic (exact) mass is 399 g/mol. The zero-order valence-electron chi connectivity index (χ0n) is 17.3. The van der Waals surface area contributed by atoms with Crippen molar-refractivity contribution in [1.29, 1.82) is 0 Å². The fourth-order valence-corrected chi connectivity index (χ4v) is 3.28. The minimum Gasteiger partial charge on any atom is -0.482 e. The summed E-state index contributed by atoms with van der Waals surface area (Å²) in [6.07, 6.45) is 3.62. The first-order valence-electron chi connectivity index (χ1n) is 10.0. The molecule has 0 bridgehead atoms. The largest absolute Gasteiger partial charge is 0.482 e. The van der Waals surface area contributed by atoms with Crippen LogP contribution in [0.5, 0.6) is 5.75 Å². The number of aromatic nitrogens is 2. The second kappa shape index (κ2) is 9.11. The molecule has 156 valence electrons. The van der Waals surface area contributed by atoms with Crippen LogP contribution in [-0.4, -0.2) is 39.7 Å². The maximum atomic E-state index is 12.3. The average molecular weight is 399 g/mol. The Morgan fingerprint density at radius 3 is 2.52 bits per heavy atom. The SMILES string of the molecule is CC(C)(C)OC(=O)N1CCC(Cc2ncc(OCc3ccccc3)c(=O)[nH]2)CC1. The second-order valence-electron chi connectivity index (χ2n) is 8.41. The molecule has 1 amide bonds. The number of H-pyrrole nitrogens is 1. The summed E-state index contributed by atoms with van der Waals surface area (Å²) >= 11 is 0. The molecule has 2 heterocycles. The molecule has 1 aliphatic heterocycles. The van der Waals surface area contributed by atoms with Crippen LogP contribution < -0.4 is 10.3 Å². The van der Waals surface area contributed by atoms with Gasteiger partial charge in [-0.15, -0.1) is 0 Å². The number of amides is 1. The predicted octanol–water partition coefficient (Wildman–Crippen LogP) is 3.54. The van der Waals surface area contributed by atoms with E-state index in [9.17, 15) is 9.59 Å². The smallest absolute Gasteiger partial charge is 0.410 e. The molecule has 1 saturated heterocycles. The molecule has 0 aliphatic carbocycles. The van der Waals surface area contributed by atoms with Gasteiger partial charge in [0.2, 0.25) is 5.75 Å². The van der Waals surface area contributed by atoms with Gasteiger partial charge in [0.25, 0.3) is 5.56 Å². The van der Waals surface area contributed by atoms with Crippen molar-refractivity contribution in [3.05, 3.63) is 58.3 Å². The van der Waals surface area contributed by atoms with Gasteiger partial charge < -0.3 is 19.4 Å². The Balaban J connectivity index is 1.49. The van der Waals surface area contributed by atoms with Crippen LogP contribution in [0.4, 0.5) is 4.79 Å². The van der Waals surface area contributed by atoms with Gasteiger partial charge in [-0.3, -0.25) is 4.79 Å². The van der Waals surface area contributed by atoms with Crippen molar-refractivity contribution >= 4 is 6.09 Å². The summed E-state index contributed by atoms with van der Waals surface area (Å²) in [4.78, 5) is 33.4. The lowest BCUT2D eigenvalue weighted by molar-refractivity contribution is 0.0183. The van der Waals surface area contributed by atoms with Crippen LogP contribution in [0.1, 0.15) is 45.0 Å². The molecular formula is C22H29N3O4. The number of likely N-dealkylation sites (tertiary alicyclic amines) is 1. The average Bonchev–Trinajstić information content (AvgIpc) is 2.67. The molecule has 0 saturated carbocycles. The molecule has 0 radical (unpaired) electrons. The fraction of sp³-hybridized carbons (Fsp3) is 0.500. The van der Waals surface area contributed by atoms with Crippen molar-refractivity contribution in [3.63, 3.8) is 0 Å². The van der Waals surface area contributed by atoms with Crippen molar-refractivity contribution < 1.29 is 14.3 Å². The number of carbonyl (C=O) groups is 1. The van der Waals surface area contributed by atoms with E-state index in [1.54, 1.807) is 4.90 Å². The summed E-state index contributed by atoms with van der Waals surface area (Å²) < 4.78 is 11.0. The van der Waals surface area contributed by atoms with Crippen LogP contribution in [0.3, 0.4) is 0 Å². The van der Waals surface area contributed by atoms with Crippen LogP contribution in [0.15, 0.2) is 41.3 Å². The Bertz CT molecular complexity index is 866. The van der Waals surface area contributed by atoms with Gasteiger partial charge in [-0.25, -0.2) is 9.78 Å². The third-order valence-corrected chi connectivity index (χ3v) is 4.80. The number of rotatable bonds is 5. The van der Waals surface area contributed by atoms with Gasteiger partial charge in [-0.2, -0.15) is 0 Å². The number of nitrogens with zero attached hydrogens (tertiary/aromatic N) is 2. The minimum atomic E-state index is -0.484. The number of aromatic amines is 1. The zero-order valence-corrected chi connectivity index (χ0v) is 17.3. The topological polar surface area (TPSA) is 84.5 Å². The molecular weight excluding hydrogens is 370 g/mol. The van der Waals surface area contributed by atoms with Crippen LogP contribution in [-0.2, 0) is 17.8 Å². The van der Waals surface area contributed by atoms with E-state index in [0.29, 0.717) is 37.9 Å². The number of piperidine rings is 1. The van der Waals surface area contributed by atoms with Gasteiger partial charge in [0, 0.05) is 19.5 Å². The van der Waals surface area contributed by atoms with Gasteiger partial charge in [0.15, 0.2) is 0 Å². The third-order valence-electron chi connectivity index (χ3n) is 4.80. The van der Waals surface area contributed by atoms with E-state index in [1.165, 1.54) is 6.20 Å². The van der Waals surface area contributed by atoms with Crippen molar-refractivity contribution in [2.24, 2.45) is 5.92 Å². The Kier molecular flexibility index (Phi) is 6.56. The highest BCUT2D eigenvalue weighted by molar-refractivity contribution is 5.68. The highest BCUT2D eigenvalue weighted by atomic mass is 16.6. The molecule has 7 heteroatoms. The Morgan fingerprint density at radius 2 is 1.90 bits per heavy atom. The molecule has 1 aromatic heterocycles. The normalized spacial score (nSPS) is 15.2. The second-order valence-corrected chi connectivity index (χ2v) is 8.41. The van der Waals surface area contributed by atoms with E-state index in [-0.39, 0.29) is 17.4 Å². The molecule has 2 aromatic rings. The maximum Gasteiger partial charge on any atom is 0.410 e. The molecule has 1 N–H and O–H groups in total. The Morgan fingerprint density at radius 1 is 1.21 bits per heavy atom. The van der Waals surface area contributed by atoms with Gasteiger partial charge in [-0.1, -0.05) is 30.3 Å². The van der Waals surface area contributed by atoms with Crippen LogP contribution in [0, 0.1) is 5.92 Å². The number of hydrogen-bond acceptors (Lipinski definition) is 5. The van der Waals surface area contributed by atoms with E-state index >= 15 is 0 Å². The van der Waals surface area contributed by atoms with E-state index < -0.39 is 5.60 Å². The van der Waals surface area contributed by atoms with E-state index in [1.807, 2.05) is 51.1 Å². The molecule has 3 rings (SSSR count). The van der Waals surface area contributed by atoms with Gasteiger partial charge >= 0.3 is 6.09 Å². The van der Waals surface area contributed by atoms with Crippen LogP contribution in [0.25, 0.3) is 0 Å². The maximum absolute atomic E-state index is 12.3. The lowest BCUT2D eigenvalue weighted by Gasteiger charge is -2.33. The summed E-state index contributed by atoms with van der Waals surface area (Å²) in [7, 11) is 0. The Hall–Kier alpha value is -2.83. The summed E-state index contributed by atoms with van der Waals surface area (Å²) in [5.74, 6) is 1.24. The summed E-state index contributed by atoms with van der Waals surface area (Å²) in [5, 5.41) is 0. The van der Waals surface area contributed by atoms with Crippen molar-refractivity contribution in [1.82, 2.24) is 14.9 Å². The molecule has 7 nitrogen and oxygen atoms in total. The van der Waals surface area contributed by atoms with Crippen molar-refractivity contribution in [2.75, 3.05) is 13.1 Å². The zero-order chi connectivity index (χ0) is 20.9. The third kappa shape index (κ3) is 6.34. The van der Waals surface area contributed by atoms with Crippen molar-refractivity contribution in [2.45, 2.75) is 52.2 Å². The number of benzene rings is 1. The summed E-state index contributed by atoms with van der Waals surface area (Å²) in [5.41, 5.74) is 0.242. The molecule has 0 unspecified atom stereocenters. The van der Waals surface area contributed by atoms with Crippen LogP contribution in [0.2, 0.25) is 0 Å². The molecule has 0 atom stereocenters. The van der Waals surface area contributed by atoms with Gasteiger partial charge in [-0.05, 0) is 45.1 Å². The Labute approximate surface area is 171 Å². The number of nitrogens with one attached hydrogen (secondary N) is 1. The fourth-order valence-electron chi connectivity index (χ4n) is 3.28. The van der Waals surface area contributed by atoms with E-state index in [0.717, 1.165) is 18.4 Å². The highest BCUT2D eigenvalue weighted by Crippen LogP contribution is 2.22. The molecule has 1 aromatic carbocycles. The van der Waals surface area contributed by atoms with E-state index in [2.05, 4.69) is 9.97 Å². The first-order valence-corrected chi connectivity index (χ1v) is 10.0. The van der Waals surface area contributed by atoms with Gasteiger partial charge in [0.1, 0.15) is 18.0 Å². The lowest BCUT2D eigenvalue weighted by Crippen LogP contribution is -2.42. The number of carbonyl (C=O) groups excluding carboxylic acids is 1. The quantitative estimate of drug-likeness (QED) is 0.831. The minimum absolute atomic E-state index is 0.220. The van der Waals surface area contributed by atoms with Crippen molar-refractivity contribution in [3.8, 4) is 5.75 Å². The predicted molar refractivity (Wildman–Crippen MR) is 110 cm³/mol. The molecule has 29 heavy (non-hydrogen) atoms. The molecule has 0 spiro atoms. The number of hydrogen-bond donors (Lipinski definition) is 1. The molecule has 1 fully saturated rings.